The number of aliphatic hydroxyl groups is 2. The minimum atomic E-state index is -0.903. The van der Waals surface area contributed by atoms with Gasteiger partial charge in [0.1, 0.15) is 0 Å². The zero-order chi connectivity index (χ0) is 36.9. The Hall–Kier alpha value is -0.426. The molecule has 294 valence electrons. The van der Waals surface area contributed by atoms with Crippen LogP contribution in [-0.2, 0) is 31.3 Å². The zero-order valence-corrected chi connectivity index (χ0v) is 35.4. The second kappa shape index (κ2) is 54.4. The summed E-state index contributed by atoms with van der Waals surface area (Å²) in [5.74, 6) is -1.81. The summed E-state index contributed by atoms with van der Waals surface area (Å²) in [6, 6.07) is 0. The molecule has 6 nitrogen and oxygen atoms in total. The molecule has 0 aliphatic heterocycles. The summed E-state index contributed by atoms with van der Waals surface area (Å²) in [6.07, 6.45) is 39.4. The molecular weight excluding hydrogens is 648 g/mol. The number of hydrogen-bond acceptors (Lipinski definition) is 6. The van der Waals surface area contributed by atoms with Crippen molar-refractivity contribution in [1.29, 1.82) is 0 Å². The van der Waals surface area contributed by atoms with Gasteiger partial charge in [-0.05, 0) is 53.4 Å². The fourth-order valence-electron chi connectivity index (χ4n) is 5.28. The Kier molecular flexibility index (Phi) is 64.2. The first-order valence-electron chi connectivity index (χ1n) is 20.8. The number of carbonyl (C=O) groups is 2. The van der Waals surface area contributed by atoms with Gasteiger partial charge in [-0.25, -0.2) is 0 Å². The Balaban J connectivity index is -0.000000212. The van der Waals surface area contributed by atoms with Crippen molar-refractivity contribution >= 4 is 11.9 Å². The second-order valence-electron chi connectivity index (χ2n) is 14.3. The van der Waals surface area contributed by atoms with E-state index in [4.69, 9.17) is 10.2 Å². The molecule has 0 aromatic heterocycles. The number of hydrogen-bond donors (Lipinski definition) is 2. The number of aliphatic carboxylic acids is 2. The van der Waals surface area contributed by atoms with E-state index < -0.39 is 11.9 Å². The van der Waals surface area contributed by atoms with Gasteiger partial charge < -0.3 is 30.0 Å². The normalized spacial score (nSPS) is 10.3. The first-order valence-corrected chi connectivity index (χ1v) is 20.8. The molecule has 0 atom stereocenters. The van der Waals surface area contributed by atoms with Crippen LogP contribution in [0, 0.1) is 0 Å². The summed E-state index contributed by atoms with van der Waals surface area (Å²) < 4.78 is 0. The van der Waals surface area contributed by atoms with Gasteiger partial charge in [0, 0.05) is 24.1 Å². The molecular formula is C42H86O6Ti. The standard InChI is InChI=1S/2C18H36O2.2C3H8O.Ti/c2*1-2-3-4-5-6-7-8-9-10-11-12-13-14-15-16-17-18(19)20;2*1-3(2)4;/h2*2-17H2,1H3,(H,19,20);2*3-4H,1-2H3;/q;;;;+2/p-2. The molecule has 0 radical (unpaired) electrons. The smallest absolute Gasteiger partial charge is 0.550 e. The van der Waals surface area contributed by atoms with Crippen LogP contribution in [0.3, 0.4) is 0 Å². The number of carboxylic acid groups (broad SMARTS) is 2. The van der Waals surface area contributed by atoms with Crippen LogP contribution in [0.25, 0.3) is 0 Å². The number of rotatable bonds is 32. The molecule has 7 heteroatoms. The molecule has 0 aliphatic rings. The first kappa shape index (κ1) is 57.9. The SMILES string of the molecule is CC(C)O.CC(C)O.CCCCCCCCCCCCCCCCCC(=O)[O-].CCCCCCCCCCCCCCCCCC(=O)[O-].[Ti+2]. The largest absolute Gasteiger partial charge is 2.00 e. The van der Waals surface area contributed by atoms with E-state index in [1.807, 2.05) is 0 Å². The van der Waals surface area contributed by atoms with E-state index >= 15 is 0 Å². The average molecular weight is 735 g/mol. The van der Waals surface area contributed by atoms with Gasteiger partial charge >= 0.3 is 21.7 Å². The molecule has 0 bridgehead atoms. The van der Waals surface area contributed by atoms with Crippen molar-refractivity contribution in [2.75, 3.05) is 0 Å². The van der Waals surface area contributed by atoms with E-state index in [9.17, 15) is 19.8 Å². The molecule has 0 saturated carbocycles. The maximum atomic E-state index is 10.2. The minimum Gasteiger partial charge on any atom is -0.550 e. The first-order chi connectivity index (χ1) is 23.0. The summed E-state index contributed by atoms with van der Waals surface area (Å²) in [5.41, 5.74) is 0. The van der Waals surface area contributed by atoms with Crippen molar-refractivity contribution in [2.24, 2.45) is 0 Å². The van der Waals surface area contributed by atoms with Crippen LogP contribution < -0.4 is 10.2 Å². The third-order valence-electron chi connectivity index (χ3n) is 7.97. The van der Waals surface area contributed by atoms with Crippen molar-refractivity contribution < 1.29 is 51.7 Å². The summed E-state index contributed by atoms with van der Waals surface area (Å²) >= 11 is 0. The van der Waals surface area contributed by atoms with Gasteiger partial charge in [-0.2, -0.15) is 0 Å². The zero-order valence-electron chi connectivity index (χ0n) is 33.8. The molecule has 0 amide bonds. The molecule has 0 spiro atoms. The maximum absolute atomic E-state index is 10.2. The fourth-order valence-corrected chi connectivity index (χ4v) is 5.28. The van der Waals surface area contributed by atoms with E-state index in [-0.39, 0.29) is 46.8 Å². The Bertz CT molecular complexity index is 530. The van der Waals surface area contributed by atoms with E-state index in [0.29, 0.717) is 0 Å². The Morgan fingerprint density at radius 1 is 0.367 bits per heavy atom. The van der Waals surface area contributed by atoms with Gasteiger partial charge in [0.05, 0.1) is 0 Å². The predicted octanol–water partition coefficient (Wildman–Crippen LogP) is 10.8. The van der Waals surface area contributed by atoms with Crippen LogP contribution in [0.2, 0.25) is 0 Å². The Morgan fingerprint density at radius 2 is 0.490 bits per heavy atom. The molecule has 0 saturated heterocycles. The minimum absolute atomic E-state index is 0. The molecule has 0 aromatic rings. The van der Waals surface area contributed by atoms with Crippen molar-refractivity contribution in [2.45, 2.75) is 259 Å². The Labute approximate surface area is 321 Å². The predicted molar refractivity (Wildman–Crippen MR) is 204 cm³/mol. The second-order valence-corrected chi connectivity index (χ2v) is 14.3. The van der Waals surface area contributed by atoms with Gasteiger partial charge in [-0.3, -0.25) is 0 Å². The van der Waals surface area contributed by atoms with Crippen molar-refractivity contribution in [3.8, 4) is 0 Å². The van der Waals surface area contributed by atoms with E-state index in [1.54, 1.807) is 27.7 Å². The van der Waals surface area contributed by atoms with Crippen LogP contribution in [0.15, 0.2) is 0 Å². The summed E-state index contributed by atoms with van der Waals surface area (Å²) in [4.78, 5) is 20.4. The molecule has 49 heavy (non-hydrogen) atoms. The quantitative estimate of drug-likeness (QED) is 0.0524. The van der Waals surface area contributed by atoms with Gasteiger partial charge in [0.15, 0.2) is 0 Å². The Morgan fingerprint density at radius 3 is 0.612 bits per heavy atom. The number of carboxylic acids is 2. The third-order valence-corrected chi connectivity index (χ3v) is 7.97. The molecule has 0 heterocycles. The summed E-state index contributed by atoms with van der Waals surface area (Å²) in [7, 11) is 0. The maximum Gasteiger partial charge on any atom is 2.00 e. The van der Waals surface area contributed by atoms with E-state index in [2.05, 4.69) is 13.8 Å². The van der Waals surface area contributed by atoms with Crippen molar-refractivity contribution in [1.82, 2.24) is 0 Å². The molecule has 0 aromatic carbocycles. The average Bonchev–Trinajstić information content (AvgIpc) is 3.00. The van der Waals surface area contributed by atoms with Crippen LogP contribution in [0.4, 0.5) is 0 Å². The van der Waals surface area contributed by atoms with Crippen molar-refractivity contribution in [3.63, 3.8) is 0 Å². The number of unbranched alkanes of at least 4 members (excludes halogenated alkanes) is 28. The van der Waals surface area contributed by atoms with Crippen LogP contribution in [0.5, 0.6) is 0 Å². The van der Waals surface area contributed by atoms with E-state index in [1.165, 1.54) is 167 Å². The molecule has 0 unspecified atom stereocenters. The monoisotopic (exact) mass is 735 g/mol. The fraction of sp³-hybridized carbons (Fsp3) is 0.952. The van der Waals surface area contributed by atoms with Gasteiger partial charge in [-0.15, -0.1) is 0 Å². The number of aliphatic hydroxyl groups excluding tert-OH is 2. The number of carbonyl (C=O) groups excluding carboxylic acids is 2. The molecule has 0 fully saturated rings. The van der Waals surface area contributed by atoms with Gasteiger partial charge in [0.2, 0.25) is 0 Å². The van der Waals surface area contributed by atoms with Gasteiger partial charge in [-0.1, -0.05) is 194 Å². The molecule has 0 aliphatic carbocycles. The third kappa shape index (κ3) is 87.7. The van der Waals surface area contributed by atoms with Crippen molar-refractivity contribution in [3.05, 3.63) is 0 Å². The topological polar surface area (TPSA) is 121 Å². The van der Waals surface area contributed by atoms with Gasteiger partial charge in [0.25, 0.3) is 0 Å². The molecule has 0 rings (SSSR count). The van der Waals surface area contributed by atoms with Crippen LogP contribution in [-0.4, -0.2) is 34.4 Å². The van der Waals surface area contributed by atoms with Crippen LogP contribution >= 0.6 is 0 Å². The van der Waals surface area contributed by atoms with Crippen LogP contribution in [0.1, 0.15) is 247 Å². The van der Waals surface area contributed by atoms with E-state index in [0.717, 1.165) is 25.7 Å². The summed E-state index contributed by atoms with van der Waals surface area (Å²) in [6.45, 7) is 11.4. The summed E-state index contributed by atoms with van der Waals surface area (Å²) in [5, 5.41) is 36.6. The molecule has 2 N–H and O–H groups in total.